The molecule has 0 saturated carbocycles. The van der Waals surface area contributed by atoms with Gasteiger partial charge in [0.1, 0.15) is 5.25 Å². The van der Waals surface area contributed by atoms with E-state index in [0.29, 0.717) is 13.1 Å². The molecule has 1 aliphatic carbocycles. The standard InChI is InChI=1S/C14H21ClN2O4S/c1-5-17(6-2)13(19)14(12(18)16(3)4)10-8-7-9-11(14)22(15,20)21/h7-11H,5-6H2,1-4H3. The third-order valence-electron chi connectivity index (χ3n) is 3.67. The lowest BCUT2D eigenvalue weighted by molar-refractivity contribution is -0.151. The van der Waals surface area contributed by atoms with Crippen molar-refractivity contribution < 1.29 is 18.0 Å². The van der Waals surface area contributed by atoms with Crippen molar-refractivity contribution in [2.45, 2.75) is 19.1 Å². The van der Waals surface area contributed by atoms with Gasteiger partial charge in [-0.2, -0.15) is 0 Å². The predicted molar refractivity (Wildman–Crippen MR) is 85.9 cm³/mol. The molecule has 0 spiro atoms. The van der Waals surface area contributed by atoms with Gasteiger partial charge in [0.05, 0.1) is 0 Å². The van der Waals surface area contributed by atoms with E-state index in [1.54, 1.807) is 13.8 Å². The highest BCUT2D eigenvalue weighted by molar-refractivity contribution is 8.14. The molecular weight excluding hydrogens is 328 g/mol. The number of carbonyl (C=O) groups is 2. The molecule has 0 aromatic rings. The minimum absolute atomic E-state index is 0.365. The molecule has 2 amide bonds. The molecule has 0 bridgehead atoms. The summed E-state index contributed by atoms with van der Waals surface area (Å²) in [5.41, 5.74) is -1.87. The summed E-state index contributed by atoms with van der Waals surface area (Å²) in [5, 5.41) is -1.44. The van der Waals surface area contributed by atoms with Gasteiger partial charge in [0.2, 0.25) is 20.9 Å². The number of amides is 2. The Kier molecular flexibility index (Phi) is 5.81. The topological polar surface area (TPSA) is 74.8 Å². The molecular formula is C14H21ClN2O4S. The van der Waals surface area contributed by atoms with Crippen LogP contribution >= 0.6 is 10.7 Å². The molecule has 1 rings (SSSR count). The predicted octanol–water partition coefficient (Wildman–Crippen LogP) is 0.993. The van der Waals surface area contributed by atoms with Gasteiger partial charge in [0.25, 0.3) is 0 Å². The highest BCUT2D eigenvalue weighted by atomic mass is 35.7. The Labute approximate surface area is 135 Å². The van der Waals surface area contributed by atoms with Gasteiger partial charge in [-0.15, -0.1) is 0 Å². The first-order valence-corrected chi connectivity index (χ1v) is 9.30. The Balaban J connectivity index is 3.59. The smallest absolute Gasteiger partial charge is 0.243 e. The third kappa shape index (κ3) is 3.20. The molecule has 6 nitrogen and oxygen atoms in total. The molecule has 0 aliphatic heterocycles. The second kappa shape index (κ2) is 6.83. The largest absolute Gasteiger partial charge is 0.348 e. The summed E-state index contributed by atoms with van der Waals surface area (Å²) in [5.74, 6) is -1.18. The SMILES string of the molecule is CCN(CC)C(=O)C1(C(=O)N(C)C)C=CC=CC1S(=O)(=O)Cl. The van der Waals surface area contributed by atoms with E-state index in [4.69, 9.17) is 10.7 Å². The van der Waals surface area contributed by atoms with Crippen LogP contribution in [-0.4, -0.2) is 62.5 Å². The van der Waals surface area contributed by atoms with Gasteiger partial charge in [-0.25, -0.2) is 8.42 Å². The van der Waals surface area contributed by atoms with Crippen molar-refractivity contribution in [1.82, 2.24) is 9.80 Å². The molecule has 0 N–H and O–H groups in total. The number of rotatable bonds is 5. The summed E-state index contributed by atoms with van der Waals surface area (Å²) in [6, 6.07) is 0. The lowest BCUT2D eigenvalue weighted by atomic mass is 9.78. The monoisotopic (exact) mass is 348 g/mol. The lowest BCUT2D eigenvalue weighted by Crippen LogP contribution is -2.58. The van der Waals surface area contributed by atoms with E-state index in [0.717, 1.165) is 0 Å². The molecule has 0 aromatic heterocycles. The average Bonchev–Trinajstić information content (AvgIpc) is 2.46. The van der Waals surface area contributed by atoms with Crippen LogP contribution in [0.4, 0.5) is 0 Å². The second-order valence-corrected chi connectivity index (χ2v) is 7.94. The average molecular weight is 349 g/mol. The minimum atomic E-state index is -4.17. The van der Waals surface area contributed by atoms with Gasteiger partial charge >= 0.3 is 0 Å². The van der Waals surface area contributed by atoms with Crippen molar-refractivity contribution >= 4 is 31.5 Å². The lowest BCUT2D eigenvalue weighted by Gasteiger charge is -2.39. The number of hydrogen-bond acceptors (Lipinski definition) is 4. The molecule has 2 unspecified atom stereocenters. The molecule has 0 aromatic carbocycles. The normalized spacial score (nSPS) is 24.1. The first kappa shape index (κ1) is 18.7. The Hall–Kier alpha value is -1.34. The Morgan fingerprint density at radius 2 is 1.68 bits per heavy atom. The van der Waals surface area contributed by atoms with Gasteiger partial charge in [-0.05, 0) is 13.8 Å². The van der Waals surface area contributed by atoms with Crippen LogP contribution in [0, 0.1) is 5.41 Å². The van der Waals surface area contributed by atoms with Gasteiger partial charge in [-0.3, -0.25) is 9.59 Å². The number of carbonyl (C=O) groups excluding carboxylic acids is 2. The maximum absolute atomic E-state index is 13.0. The van der Waals surface area contributed by atoms with Crippen LogP contribution in [0.15, 0.2) is 24.3 Å². The van der Waals surface area contributed by atoms with Gasteiger partial charge in [0, 0.05) is 37.9 Å². The Morgan fingerprint density at radius 1 is 1.14 bits per heavy atom. The van der Waals surface area contributed by atoms with Crippen LogP contribution in [0.1, 0.15) is 13.8 Å². The molecule has 8 heteroatoms. The number of hydrogen-bond donors (Lipinski definition) is 0. The number of allylic oxidation sites excluding steroid dienone is 2. The van der Waals surface area contributed by atoms with Gasteiger partial charge in [-0.1, -0.05) is 24.3 Å². The molecule has 0 radical (unpaired) electrons. The van der Waals surface area contributed by atoms with Crippen molar-refractivity contribution in [2.24, 2.45) is 5.41 Å². The van der Waals surface area contributed by atoms with E-state index < -0.39 is 31.5 Å². The van der Waals surface area contributed by atoms with Crippen molar-refractivity contribution in [2.75, 3.05) is 27.2 Å². The van der Waals surface area contributed by atoms with Crippen molar-refractivity contribution in [1.29, 1.82) is 0 Å². The maximum atomic E-state index is 13.0. The summed E-state index contributed by atoms with van der Waals surface area (Å²) in [4.78, 5) is 28.3. The van der Waals surface area contributed by atoms with Crippen molar-refractivity contribution in [3.63, 3.8) is 0 Å². The van der Waals surface area contributed by atoms with Crippen molar-refractivity contribution in [3.8, 4) is 0 Å². The van der Waals surface area contributed by atoms with Crippen LogP contribution in [0.5, 0.6) is 0 Å². The van der Waals surface area contributed by atoms with Crippen LogP contribution in [-0.2, 0) is 18.6 Å². The minimum Gasteiger partial charge on any atom is -0.348 e. The van der Waals surface area contributed by atoms with E-state index in [-0.39, 0.29) is 0 Å². The zero-order chi connectivity index (χ0) is 17.1. The summed E-state index contributed by atoms with van der Waals surface area (Å²) >= 11 is 0. The first-order valence-electron chi connectivity index (χ1n) is 6.93. The van der Waals surface area contributed by atoms with Gasteiger partial charge in [0.15, 0.2) is 5.41 Å². The molecule has 22 heavy (non-hydrogen) atoms. The summed E-state index contributed by atoms with van der Waals surface area (Å²) in [6.45, 7) is 4.26. The summed E-state index contributed by atoms with van der Waals surface area (Å²) < 4.78 is 23.9. The van der Waals surface area contributed by atoms with Crippen LogP contribution in [0.3, 0.4) is 0 Å². The fourth-order valence-corrected chi connectivity index (χ4v) is 4.16. The molecule has 0 saturated heterocycles. The van der Waals surface area contributed by atoms with Crippen LogP contribution in [0.2, 0.25) is 0 Å². The van der Waals surface area contributed by atoms with Gasteiger partial charge < -0.3 is 9.80 Å². The first-order chi connectivity index (χ1) is 10.1. The second-order valence-electron chi connectivity index (χ2n) is 5.19. The Bertz CT molecular complexity index is 608. The molecule has 0 fully saturated rings. The molecule has 1 aliphatic rings. The van der Waals surface area contributed by atoms with E-state index in [9.17, 15) is 18.0 Å². The quantitative estimate of drug-likeness (QED) is 0.548. The maximum Gasteiger partial charge on any atom is 0.243 e. The zero-order valence-electron chi connectivity index (χ0n) is 13.1. The van der Waals surface area contributed by atoms with Crippen molar-refractivity contribution in [3.05, 3.63) is 24.3 Å². The fraction of sp³-hybridized carbons (Fsp3) is 0.571. The fourth-order valence-electron chi connectivity index (χ4n) is 2.55. The van der Waals surface area contributed by atoms with Crippen LogP contribution < -0.4 is 0 Å². The summed E-state index contributed by atoms with van der Waals surface area (Å²) in [6.07, 6.45) is 5.59. The Morgan fingerprint density at radius 3 is 2.09 bits per heavy atom. The number of halogens is 1. The molecule has 124 valence electrons. The third-order valence-corrected chi connectivity index (χ3v) is 5.38. The molecule has 2 atom stereocenters. The van der Waals surface area contributed by atoms with E-state index in [2.05, 4.69) is 0 Å². The van der Waals surface area contributed by atoms with E-state index in [1.165, 1.54) is 48.2 Å². The summed E-state index contributed by atoms with van der Waals surface area (Å²) in [7, 11) is 4.31. The van der Waals surface area contributed by atoms with E-state index in [1.807, 2.05) is 0 Å². The number of nitrogens with zero attached hydrogens (tertiary/aromatic N) is 2. The van der Waals surface area contributed by atoms with Crippen LogP contribution in [0.25, 0.3) is 0 Å². The zero-order valence-corrected chi connectivity index (χ0v) is 14.7. The highest BCUT2D eigenvalue weighted by Gasteiger charge is 2.56. The molecule has 0 heterocycles. The van der Waals surface area contributed by atoms with E-state index >= 15 is 0 Å². The highest BCUT2D eigenvalue weighted by Crippen LogP contribution is 2.38.